The Hall–Kier alpha value is -2.92. The zero-order chi connectivity index (χ0) is 18.6. The number of piperazine rings is 1. The summed E-state index contributed by atoms with van der Waals surface area (Å²) in [6, 6.07) is 20.6. The van der Waals surface area contributed by atoms with E-state index in [-0.39, 0.29) is 0 Å². The van der Waals surface area contributed by atoms with Crippen LogP contribution in [0.5, 0.6) is 0 Å². The SMILES string of the molecule is Cc1cccc(Nc2cc(N3CCN(C)CC3)nc(-c3ccccc3)n2)c1. The molecular weight excluding hydrogens is 334 g/mol. The van der Waals surface area contributed by atoms with Crippen molar-refractivity contribution in [2.45, 2.75) is 6.92 Å². The van der Waals surface area contributed by atoms with Crippen LogP contribution in [0.15, 0.2) is 60.7 Å². The van der Waals surface area contributed by atoms with Gasteiger partial charge in [-0.25, -0.2) is 9.97 Å². The number of nitrogens with one attached hydrogen (secondary N) is 1. The molecule has 2 aromatic carbocycles. The summed E-state index contributed by atoms with van der Waals surface area (Å²) in [5.74, 6) is 2.55. The summed E-state index contributed by atoms with van der Waals surface area (Å²) in [6.07, 6.45) is 0. The molecule has 5 heteroatoms. The monoisotopic (exact) mass is 359 g/mol. The summed E-state index contributed by atoms with van der Waals surface area (Å²) in [5.41, 5.74) is 3.29. The number of hydrogen-bond donors (Lipinski definition) is 1. The first-order valence-electron chi connectivity index (χ1n) is 9.39. The van der Waals surface area contributed by atoms with Gasteiger partial charge in [-0.2, -0.15) is 0 Å². The maximum Gasteiger partial charge on any atom is 0.163 e. The van der Waals surface area contributed by atoms with Crippen molar-refractivity contribution in [1.82, 2.24) is 14.9 Å². The van der Waals surface area contributed by atoms with E-state index in [4.69, 9.17) is 9.97 Å². The van der Waals surface area contributed by atoms with E-state index in [0.717, 1.165) is 54.9 Å². The zero-order valence-corrected chi connectivity index (χ0v) is 15.9. The van der Waals surface area contributed by atoms with Gasteiger partial charge in [-0.1, -0.05) is 42.5 Å². The molecule has 0 aliphatic carbocycles. The average Bonchev–Trinajstić information content (AvgIpc) is 2.69. The summed E-state index contributed by atoms with van der Waals surface area (Å²) >= 11 is 0. The Balaban J connectivity index is 1.70. The van der Waals surface area contributed by atoms with Gasteiger partial charge in [0.15, 0.2) is 5.82 Å². The van der Waals surface area contributed by atoms with Crippen LogP contribution in [0.1, 0.15) is 5.56 Å². The molecule has 0 atom stereocenters. The normalized spacial score (nSPS) is 15.0. The summed E-state index contributed by atoms with van der Waals surface area (Å²) in [6.45, 7) is 6.14. The van der Waals surface area contributed by atoms with Crippen LogP contribution < -0.4 is 10.2 Å². The molecule has 1 aliphatic rings. The van der Waals surface area contributed by atoms with Gasteiger partial charge in [-0.05, 0) is 31.7 Å². The molecule has 1 saturated heterocycles. The molecule has 0 amide bonds. The first-order valence-corrected chi connectivity index (χ1v) is 9.39. The Morgan fingerprint density at radius 3 is 2.37 bits per heavy atom. The predicted octanol–water partition coefficient (Wildman–Crippen LogP) is 3.95. The molecular formula is C22H25N5. The van der Waals surface area contributed by atoms with Gasteiger partial charge in [0.25, 0.3) is 0 Å². The van der Waals surface area contributed by atoms with Crippen LogP contribution in [0.2, 0.25) is 0 Å². The smallest absolute Gasteiger partial charge is 0.163 e. The fourth-order valence-electron chi connectivity index (χ4n) is 3.28. The van der Waals surface area contributed by atoms with Crippen molar-refractivity contribution in [2.75, 3.05) is 43.4 Å². The third-order valence-corrected chi connectivity index (χ3v) is 4.86. The van der Waals surface area contributed by atoms with E-state index >= 15 is 0 Å². The lowest BCUT2D eigenvalue weighted by Gasteiger charge is -2.33. The largest absolute Gasteiger partial charge is 0.354 e. The third-order valence-electron chi connectivity index (χ3n) is 4.86. The van der Waals surface area contributed by atoms with E-state index in [0.29, 0.717) is 0 Å². The van der Waals surface area contributed by atoms with Crippen LogP contribution in [-0.2, 0) is 0 Å². The van der Waals surface area contributed by atoms with Gasteiger partial charge in [-0.3, -0.25) is 0 Å². The minimum Gasteiger partial charge on any atom is -0.354 e. The number of rotatable bonds is 4. The molecule has 0 saturated carbocycles. The lowest BCUT2D eigenvalue weighted by atomic mass is 10.2. The van der Waals surface area contributed by atoms with E-state index in [1.807, 2.05) is 18.2 Å². The maximum atomic E-state index is 4.87. The number of hydrogen-bond acceptors (Lipinski definition) is 5. The highest BCUT2D eigenvalue weighted by Gasteiger charge is 2.17. The van der Waals surface area contributed by atoms with Gasteiger partial charge in [0, 0.05) is 43.5 Å². The summed E-state index contributed by atoms with van der Waals surface area (Å²) in [5, 5.41) is 3.45. The molecule has 0 bridgehead atoms. The van der Waals surface area contributed by atoms with Crippen molar-refractivity contribution in [1.29, 1.82) is 0 Å². The van der Waals surface area contributed by atoms with E-state index in [9.17, 15) is 0 Å². The predicted molar refractivity (Wildman–Crippen MR) is 112 cm³/mol. The van der Waals surface area contributed by atoms with Crippen molar-refractivity contribution in [3.05, 3.63) is 66.2 Å². The van der Waals surface area contributed by atoms with Crippen molar-refractivity contribution in [2.24, 2.45) is 0 Å². The van der Waals surface area contributed by atoms with Gasteiger partial charge in [0.2, 0.25) is 0 Å². The van der Waals surface area contributed by atoms with Gasteiger partial charge in [0.1, 0.15) is 11.6 Å². The Kier molecular flexibility index (Phi) is 5.03. The molecule has 138 valence electrons. The lowest BCUT2D eigenvalue weighted by Crippen LogP contribution is -2.44. The number of aryl methyl sites for hydroxylation is 1. The quantitative estimate of drug-likeness (QED) is 0.764. The minimum absolute atomic E-state index is 0.752. The fourth-order valence-corrected chi connectivity index (χ4v) is 3.28. The van der Waals surface area contributed by atoms with E-state index in [1.165, 1.54) is 5.56 Å². The average molecular weight is 359 g/mol. The van der Waals surface area contributed by atoms with Gasteiger partial charge in [-0.15, -0.1) is 0 Å². The number of benzene rings is 2. The number of anilines is 3. The standard InChI is InChI=1S/C22H25N5/c1-17-7-6-10-19(15-17)23-20-16-21(27-13-11-26(2)12-14-27)25-22(24-20)18-8-4-3-5-9-18/h3-10,15-16H,11-14H2,1-2H3,(H,23,24,25). The highest BCUT2D eigenvalue weighted by atomic mass is 15.3. The molecule has 1 aromatic heterocycles. The second-order valence-electron chi connectivity index (χ2n) is 7.09. The van der Waals surface area contributed by atoms with Crippen LogP contribution in [0.25, 0.3) is 11.4 Å². The molecule has 1 N–H and O–H groups in total. The third kappa shape index (κ3) is 4.26. The fraction of sp³-hybridized carbons (Fsp3) is 0.273. The number of likely N-dealkylation sites (N-methyl/N-ethyl adjacent to an activating group) is 1. The maximum absolute atomic E-state index is 4.87. The van der Waals surface area contributed by atoms with Crippen LogP contribution in [-0.4, -0.2) is 48.1 Å². The summed E-state index contributed by atoms with van der Waals surface area (Å²) in [4.78, 5) is 14.3. The van der Waals surface area contributed by atoms with Crippen molar-refractivity contribution < 1.29 is 0 Å². The first kappa shape index (κ1) is 17.5. The number of aromatic nitrogens is 2. The van der Waals surface area contributed by atoms with E-state index in [1.54, 1.807) is 0 Å². The lowest BCUT2D eigenvalue weighted by molar-refractivity contribution is 0.312. The van der Waals surface area contributed by atoms with Crippen molar-refractivity contribution >= 4 is 17.3 Å². The summed E-state index contributed by atoms with van der Waals surface area (Å²) < 4.78 is 0. The van der Waals surface area contributed by atoms with Crippen LogP contribution >= 0.6 is 0 Å². The van der Waals surface area contributed by atoms with Crippen molar-refractivity contribution in [3.8, 4) is 11.4 Å². The molecule has 1 aliphatic heterocycles. The van der Waals surface area contributed by atoms with Gasteiger partial charge >= 0.3 is 0 Å². The second kappa shape index (κ2) is 7.76. The molecule has 2 heterocycles. The Labute approximate surface area is 160 Å². The molecule has 4 rings (SSSR count). The van der Waals surface area contributed by atoms with Crippen LogP contribution in [0.3, 0.4) is 0 Å². The molecule has 0 spiro atoms. The van der Waals surface area contributed by atoms with E-state index < -0.39 is 0 Å². The number of nitrogens with zero attached hydrogens (tertiary/aromatic N) is 4. The minimum atomic E-state index is 0.752. The van der Waals surface area contributed by atoms with Gasteiger partial charge in [0.05, 0.1) is 0 Å². The highest BCUT2D eigenvalue weighted by molar-refractivity contribution is 5.65. The Morgan fingerprint density at radius 1 is 0.852 bits per heavy atom. The van der Waals surface area contributed by atoms with E-state index in [2.05, 4.69) is 71.6 Å². The van der Waals surface area contributed by atoms with Gasteiger partial charge < -0.3 is 15.1 Å². The molecule has 1 fully saturated rings. The highest BCUT2D eigenvalue weighted by Crippen LogP contribution is 2.25. The molecule has 0 unspecified atom stereocenters. The Bertz CT molecular complexity index is 902. The second-order valence-corrected chi connectivity index (χ2v) is 7.09. The molecule has 0 radical (unpaired) electrons. The summed E-state index contributed by atoms with van der Waals surface area (Å²) in [7, 11) is 2.16. The molecule has 27 heavy (non-hydrogen) atoms. The molecule has 3 aromatic rings. The van der Waals surface area contributed by atoms with Crippen LogP contribution in [0.4, 0.5) is 17.3 Å². The zero-order valence-electron chi connectivity index (χ0n) is 15.9. The Morgan fingerprint density at radius 2 is 1.63 bits per heavy atom. The molecule has 5 nitrogen and oxygen atoms in total. The van der Waals surface area contributed by atoms with Crippen molar-refractivity contribution in [3.63, 3.8) is 0 Å². The van der Waals surface area contributed by atoms with Crippen LogP contribution in [0, 0.1) is 6.92 Å². The first-order chi connectivity index (χ1) is 13.2. The topological polar surface area (TPSA) is 44.3 Å².